The Labute approximate surface area is 151 Å². The molecule has 0 saturated carbocycles. The van der Waals surface area contributed by atoms with E-state index in [9.17, 15) is 9.59 Å². The van der Waals surface area contributed by atoms with Crippen molar-refractivity contribution in [3.63, 3.8) is 0 Å². The van der Waals surface area contributed by atoms with Gasteiger partial charge in [0, 0.05) is 4.88 Å². The number of para-hydroxylation sites is 1. The van der Waals surface area contributed by atoms with E-state index in [0.717, 1.165) is 18.4 Å². The molecule has 1 heterocycles. The number of rotatable bonds is 4. The van der Waals surface area contributed by atoms with E-state index in [1.165, 1.54) is 28.2 Å². The smallest absolute Gasteiger partial charge is 0.279 e. The van der Waals surface area contributed by atoms with Crippen molar-refractivity contribution >= 4 is 23.2 Å². The molecule has 1 aromatic heterocycles. The predicted octanol–water partition coefficient (Wildman–Crippen LogP) is 3.02. The number of thiophene rings is 1. The van der Waals surface area contributed by atoms with Gasteiger partial charge in [-0.25, -0.2) is 0 Å². The van der Waals surface area contributed by atoms with Crippen LogP contribution in [0.15, 0.2) is 30.3 Å². The molecule has 0 spiro atoms. The molecule has 0 fully saturated rings. The maximum absolute atomic E-state index is 12.2. The first kappa shape index (κ1) is 17.5. The van der Waals surface area contributed by atoms with Gasteiger partial charge in [0.05, 0.1) is 4.88 Å². The third-order valence-corrected chi connectivity index (χ3v) is 5.56. The Morgan fingerprint density at radius 3 is 2.88 bits per heavy atom. The zero-order valence-electron chi connectivity index (χ0n) is 14.4. The number of hydrazine groups is 1. The van der Waals surface area contributed by atoms with Crippen molar-refractivity contribution < 1.29 is 14.3 Å². The van der Waals surface area contributed by atoms with Gasteiger partial charge in [0.1, 0.15) is 5.75 Å². The monoisotopic (exact) mass is 358 g/mol. The number of amides is 2. The fourth-order valence-electron chi connectivity index (χ4n) is 2.90. The molecule has 2 aromatic rings. The van der Waals surface area contributed by atoms with Crippen LogP contribution in [-0.2, 0) is 17.6 Å². The summed E-state index contributed by atoms with van der Waals surface area (Å²) in [6.45, 7) is 3.99. The van der Waals surface area contributed by atoms with Crippen molar-refractivity contribution in [2.75, 3.05) is 6.61 Å². The largest absolute Gasteiger partial charge is 0.483 e. The number of benzene rings is 1. The molecule has 1 unspecified atom stereocenters. The summed E-state index contributed by atoms with van der Waals surface area (Å²) in [5.41, 5.74) is 7.09. The number of hydrogen-bond acceptors (Lipinski definition) is 4. The second-order valence-corrected chi connectivity index (χ2v) is 7.60. The molecule has 0 aliphatic heterocycles. The molecule has 1 atom stereocenters. The number of carbonyl (C=O) groups is 2. The minimum atomic E-state index is -0.397. The van der Waals surface area contributed by atoms with Gasteiger partial charge in [0.2, 0.25) is 0 Å². The molecule has 0 saturated heterocycles. The molecular formula is C19H22N2O3S. The number of nitrogens with one attached hydrogen (secondary N) is 2. The Bertz CT molecular complexity index is 785. The maximum atomic E-state index is 12.2. The van der Waals surface area contributed by atoms with Gasteiger partial charge in [-0.15, -0.1) is 11.3 Å². The standard InChI is InChI=1S/C19H22N2O3S/c1-12-7-8-16-14(9-12)10-17(25-16)19(23)21-20-18(22)11-24-15-6-4-3-5-13(15)2/h3-6,10,12H,7-9,11H2,1-2H3,(H,20,22)(H,21,23). The van der Waals surface area contributed by atoms with Gasteiger partial charge >= 0.3 is 0 Å². The molecule has 2 amide bonds. The molecule has 1 aliphatic carbocycles. The highest BCUT2D eigenvalue weighted by Crippen LogP contribution is 2.32. The molecule has 6 heteroatoms. The van der Waals surface area contributed by atoms with E-state index in [2.05, 4.69) is 17.8 Å². The normalized spacial score (nSPS) is 16.0. The van der Waals surface area contributed by atoms with Gasteiger partial charge in [0.15, 0.2) is 6.61 Å². The summed E-state index contributed by atoms with van der Waals surface area (Å²) in [5, 5.41) is 0. The number of fused-ring (bicyclic) bond motifs is 1. The Kier molecular flexibility index (Phi) is 5.38. The van der Waals surface area contributed by atoms with Crippen LogP contribution in [0.2, 0.25) is 0 Å². The molecule has 25 heavy (non-hydrogen) atoms. The molecular weight excluding hydrogens is 336 g/mol. The third kappa shape index (κ3) is 4.39. The molecule has 3 rings (SSSR count). The van der Waals surface area contributed by atoms with Crippen LogP contribution in [0.1, 0.15) is 39.0 Å². The summed E-state index contributed by atoms with van der Waals surface area (Å²) in [5.74, 6) is 0.642. The van der Waals surface area contributed by atoms with Crippen molar-refractivity contribution in [2.45, 2.75) is 33.1 Å². The van der Waals surface area contributed by atoms with Crippen molar-refractivity contribution in [1.82, 2.24) is 10.9 Å². The van der Waals surface area contributed by atoms with Crippen molar-refractivity contribution in [2.24, 2.45) is 5.92 Å². The summed E-state index contributed by atoms with van der Waals surface area (Å²) >= 11 is 1.51. The molecule has 5 nitrogen and oxygen atoms in total. The zero-order chi connectivity index (χ0) is 17.8. The zero-order valence-corrected chi connectivity index (χ0v) is 15.2. The van der Waals surface area contributed by atoms with Gasteiger partial charge in [-0.2, -0.15) is 0 Å². The Hall–Kier alpha value is -2.34. The van der Waals surface area contributed by atoms with Crippen LogP contribution < -0.4 is 15.6 Å². The number of carbonyl (C=O) groups excluding carboxylic acids is 2. The average molecular weight is 358 g/mol. The Balaban J connectivity index is 1.49. The topological polar surface area (TPSA) is 67.4 Å². The van der Waals surface area contributed by atoms with Crippen molar-refractivity contribution in [3.8, 4) is 5.75 Å². The SMILES string of the molecule is Cc1ccccc1OCC(=O)NNC(=O)c1cc2c(s1)CCC(C)C2. The van der Waals surface area contributed by atoms with Crippen molar-refractivity contribution in [1.29, 1.82) is 0 Å². The van der Waals surface area contributed by atoms with Gasteiger partial charge in [-0.3, -0.25) is 20.4 Å². The fourth-order valence-corrected chi connectivity index (χ4v) is 4.01. The average Bonchev–Trinajstić information content (AvgIpc) is 3.02. The maximum Gasteiger partial charge on any atom is 0.279 e. The first-order valence-corrected chi connectivity index (χ1v) is 9.24. The number of aryl methyl sites for hydroxylation is 2. The molecule has 132 valence electrons. The summed E-state index contributed by atoms with van der Waals surface area (Å²) in [4.78, 5) is 26.0. The van der Waals surface area contributed by atoms with Gasteiger partial charge in [-0.05, 0) is 55.4 Å². The first-order chi connectivity index (χ1) is 12.0. The van der Waals surface area contributed by atoms with Gasteiger partial charge < -0.3 is 4.74 Å². The number of ether oxygens (including phenoxy) is 1. The molecule has 1 aromatic carbocycles. The number of hydrogen-bond donors (Lipinski definition) is 2. The van der Waals surface area contributed by atoms with E-state index in [4.69, 9.17) is 4.74 Å². The fraction of sp³-hybridized carbons (Fsp3) is 0.368. The first-order valence-electron chi connectivity index (χ1n) is 8.42. The minimum absolute atomic E-state index is 0.149. The predicted molar refractivity (Wildman–Crippen MR) is 97.8 cm³/mol. The summed E-state index contributed by atoms with van der Waals surface area (Å²) in [6, 6.07) is 9.42. The molecule has 0 radical (unpaired) electrons. The van der Waals surface area contributed by atoms with Crippen LogP contribution >= 0.6 is 11.3 Å². The molecule has 0 bridgehead atoms. The lowest BCUT2D eigenvalue weighted by Gasteiger charge is -2.16. The van der Waals surface area contributed by atoms with Gasteiger partial charge in [-0.1, -0.05) is 25.1 Å². The second kappa shape index (κ2) is 7.70. The van der Waals surface area contributed by atoms with Gasteiger partial charge in [0.25, 0.3) is 11.8 Å². The molecule has 2 N–H and O–H groups in total. The van der Waals surface area contributed by atoms with Crippen LogP contribution in [0.4, 0.5) is 0 Å². The van der Waals surface area contributed by atoms with Crippen molar-refractivity contribution in [3.05, 3.63) is 51.2 Å². The van der Waals surface area contributed by atoms with E-state index in [1.807, 2.05) is 31.2 Å². The highest BCUT2D eigenvalue weighted by molar-refractivity contribution is 7.14. The summed E-state index contributed by atoms with van der Waals surface area (Å²) in [6.07, 6.45) is 3.22. The lowest BCUT2D eigenvalue weighted by Crippen LogP contribution is -2.43. The highest BCUT2D eigenvalue weighted by Gasteiger charge is 2.20. The van der Waals surface area contributed by atoms with E-state index < -0.39 is 5.91 Å². The second-order valence-electron chi connectivity index (χ2n) is 6.46. The summed E-state index contributed by atoms with van der Waals surface area (Å²) < 4.78 is 5.45. The van der Waals surface area contributed by atoms with E-state index in [0.29, 0.717) is 16.5 Å². The Morgan fingerprint density at radius 1 is 1.28 bits per heavy atom. The third-order valence-electron chi connectivity index (χ3n) is 4.32. The highest BCUT2D eigenvalue weighted by atomic mass is 32.1. The minimum Gasteiger partial charge on any atom is -0.483 e. The van der Waals surface area contributed by atoms with Crippen LogP contribution in [0.5, 0.6) is 5.75 Å². The van der Waals surface area contributed by atoms with E-state index in [-0.39, 0.29) is 12.5 Å². The Morgan fingerprint density at radius 2 is 2.08 bits per heavy atom. The van der Waals surface area contributed by atoms with Crippen LogP contribution in [0.25, 0.3) is 0 Å². The lowest BCUT2D eigenvalue weighted by molar-refractivity contribution is -0.123. The lowest BCUT2D eigenvalue weighted by atomic mass is 9.90. The quantitative estimate of drug-likeness (QED) is 0.826. The van der Waals surface area contributed by atoms with Crippen LogP contribution in [0.3, 0.4) is 0 Å². The summed E-state index contributed by atoms with van der Waals surface area (Å²) in [7, 11) is 0. The van der Waals surface area contributed by atoms with Crippen LogP contribution in [-0.4, -0.2) is 18.4 Å². The van der Waals surface area contributed by atoms with E-state index in [1.54, 1.807) is 6.07 Å². The molecule has 1 aliphatic rings. The van der Waals surface area contributed by atoms with Crippen LogP contribution in [0, 0.1) is 12.8 Å². The van der Waals surface area contributed by atoms with E-state index >= 15 is 0 Å².